The number of carbonyl (C=O) groups excluding carboxylic acids is 1. The van der Waals surface area contributed by atoms with Crippen LogP contribution >= 0.6 is 23.1 Å². The normalized spacial score (nSPS) is 12.1. The third-order valence-electron chi connectivity index (χ3n) is 4.47. The molecule has 0 saturated carbocycles. The lowest BCUT2D eigenvalue weighted by atomic mass is 9.98. The maximum Gasteiger partial charge on any atom is 0.260 e. The number of aryl methyl sites for hydroxylation is 1. The number of nitrogens with one attached hydrogen (secondary N) is 1. The van der Waals surface area contributed by atoms with E-state index in [4.69, 9.17) is 0 Å². The Labute approximate surface area is 168 Å². The fraction of sp³-hybridized carbons (Fsp3) is 0.450. The maximum absolute atomic E-state index is 12.7. The van der Waals surface area contributed by atoms with E-state index in [2.05, 4.69) is 37.0 Å². The van der Waals surface area contributed by atoms with Crippen molar-refractivity contribution < 1.29 is 4.79 Å². The van der Waals surface area contributed by atoms with Crippen LogP contribution in [-0.4, -0.2) is 39.6 Å². The minimum absolute atomic E-state index is 0.0395. The van der Waals surface area contributed by atoms with E-state index in [0.717, 1.165) is 28.1 Å². The molecular weight excluding hydrogens is 378 g/mol. The first-order chi connectivity index (χ1) is 12.9. The molecule has 1 amide bonds. The molecule has 2 heterocycles. The van der Waals surface area contributed by atoms with Crippen LogP contribution in [0.5, 0.6) is 0 Å². The molecule has 2 aromatic heterocycles. The van der Waals surface area contributed by atoms with Gasteiger partial charge >= 0.3 is 0 Å². The van der Waals surface area contributed by atoms with Gasteiger partial charge in [-0.05, 0) is 24.8 Å². The van der Waals surface area contributed by atoms with E-state index < -0.39 is 0 Å². The second kappa shape index (κ2) is 9.90. The number of aromatic nitrogens is 2. The predicted octanol–water partition coefficient (Wildman–Crippen LogP) is 4.17. The number of rotatable bonds is 10. The van der Waals surface area contributed by atoms with Crippen molar-refractivity contribution in [3.8, 4) is 0 Å². The molecule has 27 heavy (non-hydrogen) atoms. The number of hydrogen-bond donors (Lipinski definition) is 1. The number of hydrogen-bond acceptors (Lipinski definition) is 5. The summed E-state index contributed by atoms with van der Waals surface area (Å²) in [5, 5.41) is 1.18. The molecule has 0 aliphatic heterocycles. The summed E-state index contributed by atoms with van der Waals surface area (Å²) in [6.45, 7) is 14.7. The van der Waals surface area contributed by atoms with Crippen molar-refractivity contribution in [2.24, 2.45) is 5.92 Å². The molecule has 0 bridgehead atoms. The zero-order chi connectivity index (χ0) is 20.0. The zero-order valence-electron chi connectivity index (χ0n) is 16.2. The number of thiophene rings is 1. The van der Waals surface area contributed by atoms with Crippen molar-refractivity contribution in [2.75, 3.05) is 18.8 Å². The van der Waals surface area contributed by atoms with Gasteiger partial charge in [-0.15, -0.1) is 24.5 Å². The molecule has 0 unspecified atom stereocenters. The fourth-order valence-electron chi connectivity index (χ4n) is 2.77. The largest absolute Gasteiger partial charge is 0.335 e. The van der Waals surface area contributed by atoms with Gasteiger partial charge in [0.05, 0.1) is 11.1 Å². The SMILES string of the molecule is C=CCN(CC=C)C(=O)CSc1nc2sc(C)c(C[C@H](C)CC)c2c(=O)[nH]1. The number of H-pyrrole nitrogens is 1. The van der Waals surface area contributed by atoms with E-state index in [0.29, 0.717) is 29.6 Å². The number of aromatic amines is 1. The van der Waals surface area contributed by atoms with Crippen LogP contribution in [0.4, 0.5) is 0 Å². The first-order valence-electron chi connectivity index (χ1n) is 9.05. The third-order valence-corrected chi connectivity index (χ3v) is 6.37. The summed E-state index contributed by atoms with van der Waals surface area (Å²) < 4.78 is 0. The van der Waals surface area contributed by atoms with E-state index in [1.807, 2.05) is 6.92 Å². The number of carbonyl (C=O) groups is 1. The lowest BCUT2D eigenvalue weighted by molar-refractivity contribution is -0.127. The predicted molar refractivity (Wildman–Crippen MR) is 116 cm³/mol. The zero-order valence-corrected chi connectivity index (χ0v) is 17.8. The van der Waals surface area contributed by atoms with Gasteiger partial charge in [-0.3, -0.25) is 9.59 Å². The van der Waals surface area contributed by atoms with Crippen LogP contribution in [0, 0.1) is 12.8 Å². The molecule has 0 radical (unpaired) electrons. The van der Waals surface area contributed by atoms with Crippen LogP contribution in [0.25, 0.3) is 10.2 Å². The van der Waals surface area contributed by atoms with Crippen LogP contribution in [0.15, 0.2) is 35.3 Å². The van der Waals surface area contributed by atoms with Crippen LogP contribution in [0.3, 0.4) is 0 Å². The van der Waals surface area contributed by atoms with E-state index >= 15 is 0 Å². The average Bonchev–Trinajstić information content (AvgIpc) is 2.95. The molecule has 0 aliphatic carbocycles. The van der Waals surface area contributed by atoms with Gasteiger partial charge in [0.15, 0.2) is 5.16 Å². The van der Waals surface area contributed by atoms with Crippen LogP contribution < -0.4 is 5.56 Å². The van der Waals surface area contributed by atoms with Crippen molar-refractivity contribution in [1.29, 1.82) is 0 Å². The van der Waals surface area contributed by atoms with Gasteiger partial charge in [-0.2, -0.15) is 0 Å². The average molecular weight is 406 g/mol. The molecule has 0 aliphatic rings. The van der Waals surface area contributed by atoms with Gasteiger partial charge < -0.3 is 9.88 Å². The second-order valence-corrected chi connectivity index (χ2v) is 8.74. The van der Waals surface area contributed by atoms with Crippen LogP contribution in [-0.2, 0) is 11.2 Å². The van der Waals surface area contributed by atoms with E-state index in [9.17, 15) is 9.59 Å². The van der Waals surface area contributed by atoms with Gasteiger partial charge in [-0.1, -0.05) is 44.2 Å². The first kappa shape index (κ1) is 21.4. The van der Waals surface area contributed by atoms with Gasteiger partial charge in [-0.25, -0.2) is 4.98 Å². The third kappa shape index (κ3) is 5.32. The van der Waals surface area contributed by atoms with E-state index in [-0.39, 0.29) is 17.2 Å². The highest BCUT2D eigenvalue weighted by molar-refractivity contribution is 7.99. The van der Waals surface area contributed by atoms with Crippen LogP contribution in [0.1, 0.15) is 30.7 Å². The minimum Gasteiger partial charge on any atom is -0.335 e. The van der Waals surface area contributed by atoms with Crippen molar-refractivity contribution in [3.05, 3.63) is 46.1 Å². The number of thioether (sulfide) groups is 1. The lowest BCUT2D eigenvalue weighted by Crippen LogP contribution is -2.32. The molecule has 0 fully saturated rings. The first-order valence-corrected chi connectivity index (χ1v) is 10.9. The summed E-state index contributed by atoms with van der Waals surface area (Å²) in [6, 6.07) is 0. The Balaban J connectivity index is 2.21. The smallest absolute Gasteiger partial charge is 0.260 e. The quantitative estimate of drug-likeness (QED) is 0.366. The fourth-order valence-corrected chi connectivity index (χ4v) is 4.65. The maximum atomic E-state index is 12.7. The number of fused-ring (bicyclic) bond motifs is 1. The number of nitrogens with zero attached hydrogens (tertiary/aromatic N) is 2. The second-order valence-electron chi connectivity index (χ2n) is 6.57. The van der Waals surface area contributed by atoms with E-state index in [1.54, 1.807) is 28.4 Å². The van der Waals surface area contributed by atoms with Crippen molar-refractivity contribution in [1.82, 2.24) is 14.9 Å². The molecular formula is C20H27N3O2S2. The highest BCUT2D eigenvalue weighted by atomic mass is 32.2. The van der Waals surface area contributed by atoms with Gasteiger partial charge in [0.1, 0.15) is 4.83 Å². The molecule has 1 atom stereocenters. The van der Waals surface area contributed by atoms with Gasteiger partial charge in [0, 0.05) is 18.0 Å². The monoisotopic (exact) mass is 405 g/mol. The summed E-state index contributed by atoms with van der Waals surface area (Å²) in [7, 11) is 0. The molecule has 5 nitrogen and oxygen atoms in total. The van der Waals surface area contributed by atoms with Crippen molar-refractivity contribution in [2.45, 2.75) is 38.8 Å². The Morgan fingerprint density at radius 1 is 1.37 bits per heavy atom. The summed E-state index contributed by atoms with van der Waals surface area (Å²) in [5.74, 6) is 0.691. The van der Waals surface area contributed by atoms with Gasteiger partial charge in [0.2, 0.25) is 5.91 Å². The molecule has 146 valence electrons. The standard InChI is InChI=1S/C20H27N3O2S2/c1-6-9-23(10-7-2)16(24)12-26-20-21-18(25)17-15(11-13(4)8-3)14(5)27-19(17)22-20/h6-7,13H,1-2,8-12H2,3-5H3,(H,21,22,25)/t13-/m1/s1. The molecule has 0 spiro atoms. The summed E-state index contributed by atoms with van der Waals surface area (Å²) in [4.78, 5) is 36.0. The number of amides is 1. The lowest BCUT2D eigenvalue weighted by Gasteiger charge is -2.18. The molecule has 2 rings (SSSR count). The molecule has 1 N–H and O–H groups in total. The summed E-state index contributed by atoms with van der Waals surface area (Å²) in [5.41, 5.74) is 0.987. The summed E-state index contributed by atoms with van der Waals surface area (Å²) >= 11 is 2.80. The Kier molecular flexibility index (Phi) is 7.86. The molecule has 2 aromatic rings. The molecule has 0 saturated heterocycles. The van der Waals surface area contributed by atoms with Crippen molar-refractivity contribution >= 4 is 39.2 Å². The van der Waals surface area contributed by atoms with E-state index in [1.165, 1.54) is 11.8 Å². The van der Waals surface area contributed by atoms with Crippen LogP contribution in [0.2, 0.25) is 0 Å². The molecule has 0 aromatic carbocycles. The Hall–Kier alpha value is -1.86. The summed E-state index contributed by atoms with van der Waals surface area (Å²) in [6.07, 6.45) is 5.33. The topological polar surface area (TPSA) is 66.1 Å². The minimum atomic E-state index is -0.119. The highest BCUT2D eigenvalue weighted by Crippen LogP contribution is 2.30. The molecule has 7 heteroatoms. The Morgan fingerprint density at radius 2 is 2.04 bits per heavy atom. The Morgan fingerprint density at radius 3 is 2.63 bits per heavy atom. The Bertz CT molecular complexity index is 875. The van der Waals surface area contributed by atoms with Crippen molar-refractivity contribution in [3.63, 3.8) is 0 Å². The highest BCUT2D eigenvalue weighted by Gasteiger charge is 2.18. The van der Waals surface area contributed by atoms with Gasteiger partial charge in [0.25, 0.3) is 5.56 Å².